The molecule has 3 nitrogen and oxygen atoms in total. The van der Waals surface area contributed by atoms with Crippen molar-refractivity contribution in [3.63, 3.8) is 0 Å². The first-order valence-electron chi connectivity index (χ1n) is 5.01. The zero-order chi connectivity index (χ0) is 12.1. The van der Waals surface area contributed by atoms with Gasteiger partial charge in [-0.2, -0.15) is 5.26 Å². The van der Waals surface area contributed by atoms with Gasteiger partial charge in [0.25, 0.3) is 0 Å². The molecule has 0 saturated carbocycles. The summed E-state index contributed by atoms with van der Waals surface area (Å²) in [6.45, 7) is 0.0764. The molecule has 2 rings (SSSR count). The second-order valence-corrected chi connectivity index (χ2v) is 3.36. The van der Waals surface area contributed by atoms with Crippen LogP contribution in [-0.4, -0.2) is 4.98 Å². The monoisotopic (exact) mass is 228 g/mol. The van der Waals surface area contributed by atoms with Gasteiger partial charge in [-0.25, -0.2) is 4.39 Å². The topological polar surface area (TPSA) is 45.9 Å². The first-order chi connectivity index (χ1) is 8.31. The highest BCUT2D eigenvalue weighted by atomic mass is 19.1. The lowest BCUT2D eigenvalue weighted by atomic mass is 10.2. The van der Waals surface area contributed by atoms with Crippen LogP contribution in [0.2, 0.25) is 0 Å². The Balaban J connectivity index is 2.13. The largest absolute Gasteiger partial charge is 0.486 e. The molecule has 0 saturated heterocycles. The van der Waals surface area contributed by atoms with Crippen molar-refractivity contribution in [2.24, 2.45) is 0 Å². The van der Waals surface area contributed by atoms with Gasteiger partial charge < -0.3 is 4.74 Å². The highest BCUT2D eigenvalue weighted by Gasteiger charge is 2.05. The number of hydrogen-bond acceptors (Lipinski definition) is 3. The summed E-state index contributed by atoms with van der Waals surface area (Å²) in [5.74, 6) is 0.0353. The number of nitriles is 1. The predicted octanol–water partition coefficient (Wildman–Crippen LogP) is 2.67. The van der Waals surface area contributed by atoms with Crippen LogP contribution in [0.5, 0.6) is 5.75 Å². The molecule has 4 heteroatoms. The summed E-state index contributed by atoms with van der Waals surface area (Å²) in [4.78, 5) is 3.86. The quantitative estimate of drug-likeness (QED) is 0.811. The van der Waals surface area contributed by atoms with Gasteiger partial charge in [-0.3, -0.25) is 4.98 Å². The third kappa shape index (κ3) is 2.58. The third-order valence-corrected chi connectivity index (χ3v) is 2.25. The molecule has 0 unspecified atom stereocenters. The molecule has 1 aromatic carbocycles. The molecule has 0 aliphatic carbocycles. The Morgan fingerprint density at radius 3 is 2.88 bits per heavy atom. The molecular formula is C13H9FN2O. The molecule has 0 bridgehead atoms. The van der Waals surface area contributed by atoms with Crippen LogP contribution >= 0.6 is 0 Å². The fraction of sp³-hybridized carbons (Fsp3) is 0.0769. The molecule has 17 heavy (non-hydrogen) atoms. The zero-order valence-electron chi connectivity index (χ0n) is 8.93. The minimum absolute atomic E-state index is 0.0764. The number of pyridine rings is 1. The Morgan fingerprint density at radius 1 is 1.29 bits per heavy atom. The minimum atomic E-state index is -0.324. The molecule has 0 atom stereocenters. The van der Waals surface area contributed by atoms with Gasteiger partial charge in [0.05, 0.1) is 11.8 Å². The number of benzene rings is 1. The number of hydrogen-bond donors (Lipinski definition) is 0. The van der Waals surface area contributed by atoms with Crippen molar-refractivity contribution in [2.75, 3.05) is 0 Å². The van der Waals surface area contributed by atoms with Gasteiger partial charge in [-0.15, -0.1) is 0 Å². The van der Waals surface area contributed by atoms with E-state index >= 15 is 0 Å². The van der Waals surface area contributed by atoms with E-state index in [1.165, 1.54) is 18.5 Å². The Morgan fingerprint density at radius 2 is 2.12 bits per heavy atom. The highest BCUT2D eigenvalue weighted by Crippen LogP contribution is 2.17. The average Bonchev–Trinajstić information content (AvgIpc) is 2.38. The van der Waals surface area contributed by atoms with Crippen molar-refractivity contribution >= 4 is 0 Å². The number of aromatic nitrogens is 1. The standard InChI is InChI=1S/C13H9FN2O/c14-12-4-2-1-3-11(12)9-17-13-8-16-6-5-10(13)7-15/h1-6,8H,9H2. The minimum Gasteiger partial charge on any atom is -0.486 e. The lowest BCUT2D eigenvalue weighted by Gasteiger charge is -2.07. The molecule has 1 aromatic heterocycles. The smallest absolute Gasteiger partial charge is 0.155 e. The van der Waals surface area contributed by atoms with Crippen molar-refractivity contribution in [3.8, 4) is 11.8 Å². The van der Waals surface area contributed by atoms with Gasteiger partial charge in [-0.05, 0) is 12.1 Å². The molecule has 0 aliphatic rings. The molecule has 0 spiro atoms. The van der Waals surface area contributed by atoms with E-state index in [-0.39, 0.29) is 12.4 Å². The Hall–Kier alpha value is -2.41. The summed E-state index contributed by atoms with van der Waals surface area (Å²) < 4.78 is 18.7. The van der Waals surface area contributed by atoms with Crippen molar-refractivity contribution in [1.82, 2.24) is 4.98 Å². The number of halogens is 1. The summed E-state index contributed by atoms with van der Waals surface area (Å²) in [5, 5.41) is 8.84. The first kappa shape index (κ1) is 11.1. The van der Waals surface area contributed by atoms with E-state index in [1.54, 1.807) is 24.3 Å². The number of ether oxygens (including phenoxy) is 1. The Labute approximate surface area is 98.1 Å². The van der Waals surface area contributed by atoms with Crippen molar-refractivity contribution in [1.29, 1.82) is 5.26 Å². The van der Waals surface area contributed by atoms with Crippen LogP contribution in [0, 0.1) is 17.1 Å². The average molecular weight is 228 g/mol. The normalized spacial score (nSPS) is 9.65. The molecule has 2 aromatic rings. The Kier molecular flexibility index (Phi) is 3.31. The fourth-order valence-corrected chi connectivity index (χ4v) is 1.36. The van der Waals surface area contributed by atoms with E-state index in [9.17, 15) is 4.39 Å². The lowest BCUT2D eigenvalue weighted by molar-refractivity contribution is 0.298. The second-order valence-electron chi connectivity index (χ2n) is 3.36. The maximum absolute atomic E-state index is 13.3. The summed E-state index contributed by atoms with van der Waals surface area (Å²) in [5.41, 5.74) is 0.830. The number of nitrogens with zero attached hydrogens (tertiary/aromatic N) is 2. The summed E-state index contributed by atoms with van der Waals surface area (Å²) in [7, 11) is 0. The van der Waals surface area contributed by atoms with Gasteiger partial charge in [0.2, 0.25) is 0 Å². The van der Waals surface area contributed by atoms with Gasteiger partial charge in [-0.1, -0.05) is 18.2 Å². The maximum atomic E-state index is 13.3. The maximum Gasteiger partial charge on any atom is 0.155 e. The van der Waals surface area contributed by atoms with Gasteiger partial charge in [0, 0.05) is 11.8 Å². The van der Waals surface area contributed by atoms with E-state index in [2.05, 4.69) is 4.98 Å². The van der Waals surface area contributed by atoms with Gasteiger partial charge >= 0.3 is 0 Å². The number of rotatable bonds is 3. The first-order valence-corrected chi connectivity index (χ1v) is 5.01. The second kappa shape index (κ2) is 5.08. The molecule has 0 aliphatic heterocycles. The van der Waals surface area contributed by atoms with E-state index in [0.29, 0.717) is 16.9 Å². The van der Waals surface area contributed by atoms with Crippen molar-refractivity contribution < 1.29 is 9.13 Å². The predicted molar refractivity (Wildman–Crippen MR) is 59.7 cm³/mol. The molecular weight excluding hydrogens is 219 g/mol. The van der Waals surface area contributed by atoms with Crippen LogP contribution in [0.1, 0.15) is 11.1 Å². The molecule has 0 fully saturated rings. The van der Waals surface area contributed by atoms with E-state index in [0.717, 1.165) is 0 Å². The van der Waals surface area contributed by atoms with Crippen LogP contribution < -0.4 is 4.74 Å². The van der Waals surface area contributed by atoms with E-state index in [4.69, 9.17) is 10.00 Å². The van der Waals surface area contributed by atoms with E-state index in [1.807, 2.05) is 6.07 Å². The molecule has 0 radical (unpaired) electrons. The third-order valence-electron chi connectivity index (χ3n) is 2.25. The van der Waals surface area contributed by atoms with Crippen LogP contribution in [0.4, 0.5) is 4.39 Å². The van der Waals surface area contributed by atoms with Crippen LogP contribution in [0.15, 0.2) is 42.7 Å². The van der Waals surface area contributed by atoms with E-state index < -0.39 is 0 Å². The summed E-state index contributed by atoms with van der Waals surface area (Å²) in [6.07, 6.45) is 2.95. The zero-order valence-corrected chi connectivity index (χ0v) is 8.93. The van der Waals surface area contributed by atoms with Crippen molar-refractivity contribution in [3.05, 3.63) is 59.7 Å². The lowest BCUT2D eigenvalue weighted by Crippen LogP contribution is -1.99. The molecule has 84 valence electrons. The molecule has 1 heterocycles. The molecule has 0 amide bonds. The summed E-state index contributed by atoms with van der Waals surface area (Å²) >= 11 is 0. The summed E-state index contributed by atoms with van der Waals surface area (Å²) in [6, 6.07) is 9.89. The van der Waals surface area contributed by atoms with Crippen LogP contribution in [0.3, 0.4) is 0 Å². The van der Waals surface area contributed by atoms with Gasteiger partial charge in [0.1, 0.15) is 18.5 Å². The van der Waals surface area contributed by atoms with Crippen LogP contribution in [-0.2, 0) is 6.61 Å². The molecule has 0 N–H and O–H groups in total. The van der Waals surface area contributed by atoms with Crippen LogP contribution in [0.25, 0.3) is 0 Å². The highest BCUT2D eigenvalue weighted by molar-refractivity contribution is 5.40. The fourth-order valence-electron chi connectivity index (χ4n) is 1.36. The SMILES string of the molecule is N#Cc1ccncc1OCc1ccccc1F. The van der Waals surface area contributed by atoms with Crippen molar-refractivity contribution in [2.45, 2.75) is 6.61 Å². The Bertz CT molecular complexity index is 563. The van der Waals surface area contributed by atoms with Gasteiger partial charge in [0.15, 0.2) is 5.75 Å².